The van der Waals surface area contributed by atoms with E-state index in [1.54, 1.807) is 0 Å². The first kappa shape index (κ1) is 11.4. The second-order valence-electron chi connectivity index (χ2n) is 4.47. The van der Waals surface area contributed by atoms with Crippen molar-refractivity contribution in [2.24, 2.45) is 5.41 Å². The smallest absolute Gasteiger partial charge is 0.00721 e. The van der Waals surface area contributed by atoms with Gasteiger partial charge in [0.25, 0.3) is 0 Å². The number of thioether (sulfide) groups is 1. The predicted molar refractivity (Wildman–Crippen MR) is 71.9 cm³/mol. The minimum Gasteiger partial charge on any atom is -0.179 e. The highest BCUT2D eigenvalue weighted by Crippen LogP contribution is 2.42. The highest BCUT2D eigenvalue weighted by Gasteiger charge is 2.32. The van der Waals surface area contributed by atoms with Gasteiger partial charge in [-0.15, -0.1) is 11.8 Å². The lowest BCUT2D eigenvalue weighted by atomic mass is 9.91. The van der Waals surface area contributed by atoms with E-state index in [-0.39, 0.29) is 0 Å². The second kappa shape index (κ2) is 5.31. The van der Waals surface area contributed by atoms with Crippen molar-refractivity contribution < 1.29 is 0 Å². The van der Waals surface area contributed by atoms with Crippen LogP contribution < -0.4 is 0 Å². The number of rotatable bonds is 4. The van der Waals surface area contributed by atoms with Crippen molar-refractivity contribution in [3.63, 3.8) is 0 Å². The average Bonchev–Trinajstić information content (AvgIpc) is 2.77. The molecule has 2 rings (SSSR count). The summed E-state index contributed by atoms with van der Waals surface area (Å²) in [5, 5.41) is 0. The highest BCUT2D eigenvalue weighted by molar-refractivity contribution is 7.99. The molecular formula is C13H18S2. The molecule has 0 heterocycles. The van der Waals surface area contributed by atoms with E-state index in [1.165, 1.54) is 36.3 Å². The van der Waals surface area contributed by atoms with Crippen LogP contribution in [0.1, 0.15) is 25.7 Å². The van der Waals surface area contributed by atoms with Gasteiger partial charge in [0, 0.05) is 10.6 Å². The van der Waals surface area contributed by atoms with Crippen molar-refractivity contribution in [3.8, 4) is 0 Å². The van der Waals surface area contributed by atoms with Crippen molar-refractivity contribution in [2.75, 3.05) is 11.5 Å². The zero-order valence-corrected chi connectivity index (χ0v) is 10.7. The van der Waals surface area contributed by atoms with Crippen LogP contribution in [-0.4, -0.2) is 11.5 Å². The number of benzene rings is 1. The molecule has 0 nitrogen and oxygen atoms in total. The van der Waals surface area contributed by atoms with Gasteiger partial charge in [-0.25, -0.2) is 0 Å². The molecule has 82 valence electrons. The van der Waals surface area contributed by atoms with Gasteiger partial charge < -0.3 is 0 Å². The molecule has 1 saturated carbocycles. The molecule has 1 aromatic rings. The van der Waals surface area contributed by atoms with Crippen LogP contribution in [0.2, 0.25) is 0 Å². The molecule has 0 amide bonds. The van der Waals surface area contributed by atoms with Gasteiger partial charge in [0.15, 0.2) is 0 Å². The summed E-state index contributed by atoms with van der Waals surface area (Å²) in [5.41, 5.74) is 0.517. The molecule has 0 aromatic heterocycles. The van der Waals surface area contributed by atoms with Crippen LogP contribution in [0.15, 0.2) is 35.2 Å². The Kier molecular flexibility index (Phi) is 4.04. The van der Waals surface area contributed by atoms with Gasteiger partial charge in [-0.2, -0.15) is 12.6 Å². The standard InChI is InChI=1S/C13H18S2/c14-10-13(8-4-5-9-13)11-15-12-6-2-1-3-7-12/h1-3,6-7,14H,4-5,8-11H2. The van der Waals surface area contributed by atoms with E-state index >= 15 is 0 Å². The first-order chi connectivity index (χ1) is 7.35. The van der Waals surface area contributed by atoms with E-state index in [0.717, 1.165) is 5.75 Å². The minimum absolute atomic E-state index is 0.517. The van der Waals surface area contributed by atoms with Gasteiger partial charge in [0.1, 0.15) is 0 Å². The Labute approximate surface area is 102 Å². The molecule has 15 heavy (non-hydrogen) atoms. The van der Waals surface area contributed by atoms with Crippen LogP contribution in [-0.2, 0) is 0 Å². The van der Waals surface area contributed by atoms with Crippen LogP contribution >= 0.6 is 24.4 Å². The summed E-state index contributed by atoms with van der Waals surface area (Å²) in [4.78, 5) is 1.39. The molecule has 0 bridgehead atoms. The molecule has 0 saturated heterocycles. The topological polar surface area (TPSA) is 0 Å². The maximum atomic E-state index is 4.53. The Morgan fingerprint density at radius 3 is 2.40 bits per heavy atom. The van der Waals surface area contributed by atoms with E-state index in [9.17, 15) is 0 Å². The summed E-state index contributed by atoms with van der Waals surface area (Å²) in [5.74, 6) is 2.29. The maximum Gasteiger partial charge on any atom is 0.00721 e. The van der Waals surface area contributed by atoms with Crippen LogP contribution in [0.3, 0.4) is 0 Å². The third-order valence-electron chi connectivity index (χ3n) is 3.29. The molecule has 1 aliphatic carbocycles. The maximum absolute atomic E-state index is 4.53. The quantitative estimate of drug-likeness (QED) is 0.604. The largest absolute Gasteiger partial charge is 0.179 e. The second-order valence-corrected chi connectivity index (χ2v) is 5.83. The Morgan fingerprint density at radius 1 is 1.13 bits per heavy atom. The van der Waals surface area contributed by atoms with Gasteiger partial charge >= 0.3 is 0 Å². The van der Waals surface area contributed by atoms with Crippen LogP contribution in [0, 0.1) is 5.41 Å². The van der Waals surface area contributed by atoms with Crippen molar-refractivity contribution in [1.82, 2.24) is 0 Å². The molecule has 0 radical (unpaired) electrons. The van der Waals surface area contributed by atoms with Gasteiger partial charge in [-0.1, -0.05) is 31.0 Å². The summed E-state index contributed by atoms with van der Waals surface area (Å²) in [6.45, 7) is 0. The zero-order valence-electron chi connectivity index (χ0n) is 8.98. The van der Waals surface area contributed by atoms with E-state index in [1.807, 2.05) is 11.8 Å². The Morgan fingerprint density at radius 2 is 1.80 bits per heavy atom. The fourth-order valence-corrected chi connectivity index (χ4v) is 4.02. The molecule has 0 N–H and O–H groups in total. The molecule has 2 heteroatoms. The lowest BCUT2D eigenvalue weighted by Crippen LogP contribution is -2.21. The molecule has 0 aliphatic heterocycles. The van der Waals surface area contributed by atoms with E-state index in [4.69, 9.17) is 0 Å². The van der Waals surface area contributed by atoms with Gasteiger partial charge in [-0.05, 0) is 36.1 Å². The normalized spacial score (nSPS) is 19.3. The molecular weight excluding hydrogens is 220 g/mol. The zero-order chi connectivity index (χ0) is 10.6. The first-order valence-corrected chi connectivity index (χ1v) is 7.25. The monoisotopic (exact) mass is 238 g/mol. The van der Waals surface area contributed by atoms with Crippen molar-refractivity contribution in [3.05, 3.63) is 30.3 Å². The lowest BCUT2D eigenvalue weighted by Gasteiger charge is -2.26. The summed E-state index contributed by atoms with van der Waals surface area (Å²) in [6.07, 6.45) is 5.54. The number of hydrogen-bond donors (Lipinski definition) is 1. The predicted octanol–water partition coefficient (Wildman–Crippen LogP) is 4.27. The first-order valence-electron chi connectivity index (χ1n) is 5.63. The van der Waals surface area contributed by atoms with Crippen LogP contribution in [0.4, 0.5) is 0 Å². The Balaban J connectivity index is 1.92. The van der Waals surface area contributed by atoms with E-state index in [0.29, 0.717) is 5.41 Å². The van der Waals surface area contributed by atoms with Crippen LogP contribution in [0.25, 0.3) is 0 Å². The molecule has 1 fully saturated rings. The molecule has 1 aromatic carbocycles. The van der Waals surface area contributed by atoms with E-state index in [2.05, 4.69) is 43.0 Å². The molecule has 0 spiro atoms. The summed E-state index contributed by atoms with van der Waals surface area (Å²) in [7, 11) is 0. The number of thiol groups is 1. The third-order valence-corrected chi connectivity index (χ3v) is 5.32. The Bertz CT molecular complexity index is 289. The SMILES string of the molecule is SCC1(CSc2ccccc2)CCCC1. The summed E-state index contributed by atoms with van der Waals surface area (Å²) in [6, 6.07) is 10.7. The minimum atomic E-state index is 0.517. The highest BCUT2D eigenvalue weighted by atomic mass is 32.2. The van der Waals surface area contributed by atoms with Gasteiger partial charge in [0.2, 0.25) is 0 Å². The molecule has 0 unspecified atom stereocenters. The summed E-state index contributed by atoms with van der Waals surface area (Å²) >= 11 is 6.53. The molecule has 0 atom stereocenters. The fraction of sp³-hybridized carbons (Fsp3) is 0.538. The van der Waals surface area contributed by atoms with Gasteiger partial charge in [-0.3, -0.25) is 0 Å². The number of hydrogen-bond acceptors (Lipinski definition) is 2. The van der Waals surface area contributed by atoms with Gasteiger partial charge in [0.05, 0.1) is 0 Å². The van der Waals surface area contributed by atoms with Crippen molar-refractivity contribution in [2.45, 2.75) is 30.6 Å². The van der Waals surface area contributed by atoms with E-state index < -0.39 is 0 Å². The summed E-state index contributed by atoms with van der Waals surface area (Å²) < 4.78 is 0. The average molecular weight is 238 g/mol. The third kappa shape index (κ3) is 2.94. The molecule has 1 aliphatic rings. The fourth-order valence-electron chi connectivity index (χ4n) is 2.23. The van der Waals surface area contributed by atoms with Crippen molar-refractivity contribution in [1.29, 1.82) is 0 Å². The van der Waals surface area contributed by atoms with Crippen molar-refractivity contribution >= 4 is 24.4 Å². The lowest BCUT2D eigenvalue weighted by molar-refractivity contribution is 0.403. The Hall–Kier alpha value is -0.0800. The van der Waals surface area contributed by atoms with Crippen LogP contribution in [0.5, 0.6) is 0 Å².